The van der Waals surface area contributed by atoms with Crippen LogP contribution in [-0.4, -0.2) is 52.7 Å². The van der Waals surface area contributed by atoms with E-state index in [1.165, 1.54) is 0 Å². The van der Waals surface area contributed by atoms with Crippen molar-refractivity contribution < 1.29 is 14.3 Å². The molecule has 158 valence electrons. The van der Waals surface area contributed by atoms with Gasteiger partial charge in [-0.2, -0.15) is 0 Å². The standard InChI is InChI=1S/C22H24ClN3O4/c23-17-4-1-15(2-5-17)14-22(29)7-10-26(11-8-22)12-9-24-20(27)16-3-6-18-19(13-16)30-21(28)25-18/h1-6,13,29H,7-12,14H2,(H,24,27)(H,25,28). The van der Waals surface area contributed by atoms with Crippen LogP contribution in [0, 0.1) is 0 Å². The maximum Gasteiger partial charge on any atom is 0.417 e. The maximum absolute atomic E-state index is 12.4. The van der Waals surface area contributed by atoms with Crippen LogP contribution in [0.5, 0.6) is 0 Å². The lowest BCUT2D eigenvalue weighted by molar-refractivity contribution is -0.0202. The number of rotatable bonds is 6. The first-order chi connectivity index (χ1) is 14.4. The summed E-state index contributed by atoms with van der Waals surface area (Å²) >= 11 is 5.93. The maximum atomic E-state index is 12.4. The molecule has 1 amide bonds. The highest BCUT2D eigenvalue weighted by atomic mass is 35.5. The molecule has 1 fully saturated rings. The lowest BCUT2D eigenvalue weighted by atomic mass is 9.85. The average Bonchev–Trinajstić information content (AvgIpc) is 3.10. The number of nitrogens with zero attached hydrogens (tertiary/aromatic N) is 1. The van der Waals surface area contributed by atoms with Gasteiger partial charge in [0.25, 0.3) is 5.91 Å². The Morgan fingerprint density at radius 3 is 2.67 bits per heavy atom. The smallest absolute Gasteiger partial charge is 0.408 e. The molecule has 1 saturated heterocycles. The van der Waals surface area contributed by atoms with Gasteiger partial charge >= 0.3 is 5.76 Å². The third kappa shape index (κ3) is 4.92. The number of aromatic amines is 1. The number of hydrogen-bond acceptors (Lipinski definition) is 5. The number of carbonyl (C=O) groups is 1. The van der Waals surface area contributed by atoms with E-state index in [1.807, 2.05) is 24.3 Å². The van der Waals surface area contributed by atoms with Gasteiger partial charge in [0.15, 0.2) is 5.58 Å². The van der Waals surface area contributed by atoms with Gasteiger partial charge in [-0.15, -0.1) is 0 Å². The Bertz CT molecular complexity index is 1080. The molecule has 2 aromatic carbocycles. The number of fused-ring (bicyclic) bond motifs is 1. The van der Waals surface area contributed by atoms with Gasteiger partial charge in [0, 0.05) is 43.2 Å². The van der Waals surface area contributed by atoms with Crippen LogP contribution in [0.15, 0.2) is 51.7 Å². The quantitative estimate of drug-likeness (QED) is 0.559. The summed E-state index contributed by atoms with van der Waals surface area (Å²) in [6, 6.07) is 12.5. The van der Waals surface area contributed by atoms with E-state index in [9.17, 15) is 14.7 Å². The molecule has 3 N–H and O–H groups in total. The van der Waals surface area contributed by atoms with Crippen molar-refractivity contribution in [1.82, 2.24) is 15.2 Å². The summed E-state index contributed by atoms with van der Waals surface area (Å²) in [7, 11) is 0. The van der Waals surface area contributed by atoms with Crippen molar-refractivity contribution in [3.05, 3.63) is 69.2 Å². The number of piperidine rings is 1. The molecule has 8 heteroatoms. The lowest BCUT2D eigenvalue weighted by Gasteiger charge is -2.38. The van der Waals surface area contributed by atoms with Crippen molar-refractivity contribution in [2.24, 2.45) is 0 Å². The summed E-state index contributed by atoms with van der Waals surface area (Å²) < 4.78 is 5.00. The molecule has 0 aliphatic carbocycles. The fourth-order valence-electron chi connectivity index (χ4n) is 3.87. The minimum absolute atomic E-state index is 0.211. The number of H-pyrrole nitrogens is 1. The minimum Gasteiger partial charge on any atom is -0.408 e. The van der Waals surface area contributed by atoms with Crippen molar-refractivity contribution in [3.63, 3.8) is 0 Å². The number of benzene rings is 2. The number of halogens is 1. The van der Waals surface area contributed by atoms with Gasteiger partial charge in [0.2, 0.25) is 0 Å². The molecule has 2 heterocycles. The number of aliphatic hydroxyl groups is 1. The van der Waals surface area contributed by atoms with E-state index in [0.29, 0.717) is 54.0 Å². The second-order valence-corrected chi connectivity index (χ2v) is 8.29. The van der Waals surface area contributed by atoms with Crippen LogP contribution in [-0.2, 0) is 6.42 Å². The van der Waals surface area contributed by atoms with E-state index in [1.54, 1.807) is 18.2 Å². The van der Waals surface area contributed by atoms with Gasteiger partial charge in [-0.3, -0.25) is 9.78 Å². The first kappa shape index (κ1) is 20.7. The van der Waals surface area contributed by atoms with Crippen LogP contribution < -0.4 is 11.1 Å². The first-order valence-corrected chi connectivity index (χ1v) is 10.4. The summed E-state index contributed by atoms with van der Waals surface area (Å²) in [4.78, 5) is 28.4. The number of likely N-dealkylation sites (tertiary alicyclic amines) is 1. The second-order valence-electron chi connectivity index (χ2n) is 7.85. The van der Waals surface area contributed by atoms with Gasteiger partial charge in [-0.1, -0.05) is 23.7 Å². The Hall–Kier alpha value is -2.61. The van der Waals surface area contributed by atoms with Crippen LogP contribution in [0.3, 0.4) is 0 Å². The molecular weight excluding hydrogens is 406 g/mol. The molecule has 0 spiro atoms. The molecule has 0 saturated carbocycles. The van der Waals surface area contributed by atoms with Gasteiger partial charge in [-0.05, 0) is 48.7 Å². The highest BCUT2D eigenvalue weighted by Crippen LogP contribution is 2.26. The van der Waals surface area contributed by atoms with Crippen LogP contribution in [0.4, 0.5) is 0 Å². The zero-order chi connectivity index (χ0) is 21.1. The summed E-state index contributed by atoms with van der Waals surface area (Å²) in [5.41, 5.74) is 1.75. The molecule has 0 bridgehead atoms. The van der Waals surface area contributed by atoms with Crippen molar-refractivity contribution in [1.29, 1.82) is 0 Å². The van der Waals surface area contributed by atoms with Gasteiger partial charge < -0.3 is 19.7 Å². The fraction of sp³-hybridized carbons (Fsp3) is 0.364. The summed E-state index contributed by atoms with van der Waals surface area (Å²) in [6.45, 7) is 2.77. The highest BCUT2D eigenvalue weighted by molar-refractivity contribution is 6.30. The van der Waals surface area contributed by atoms with Gasteiger partial charge in [-0.25, -0.2) is 4.79 Å². The Morgan fingerprint density at radius 1 is 1.20 bits per heavy atom. The second kappa shape index (κ2) is 8.63. The largest absolute Gasteiger partial charge is 0.417 e. The Labute approximate surface area is 178 Å². The summed E-state index contributed by atoms with van der Waals surface area (Å²) in [6.07, 6.45) is 1.99. The van der Waals surface area contributed by atoms with Crippen LogP contribution in [0.2, 0.25) is 5.02 Å². The number of hydrogen-bond donors (Lipinski definition) is 3. The van der Waals surface area contributed by atoms with E-state index in [0.717, 1.165) is 18.7 Å². The molecule has 3 aromatic rings. The third-order valence-corrected chi connectivity index (χ3v) is 5.88. The number of nitrogens with one attached hydrogen (secondary N) is 2. The van der Waals surface area contributed by atoms with Crippen molar-refractivity contribution in [2.75, 3.05) is 26.2 Å². The molecule has 0 unspecified atom stereocenters. The predicted octanol–water partition coefficient (Wildman–Crippen LogP) is 2.57. The molecule has 0 radical (unpaired) electrons. The van der Waals surface area contributed by atoms with E-state index in [-0.39, 0.29) is 5.91 Å². The summed E-state index contributed by atoms with van der Waals surface area (Å²) in [5.74, 6) is -0.749. The Morgan fingerprint density at radius 2 is 1.93 bits per heavy atom. The number of amides is 1. The minimum atomic E-state index is -0.705. The topological polar surface area (TPSA) is 98.6 Å². The first-order valence-electron chi connectivity index (χ1n) is 10.0. The SMILES string of the molecule is O=C(NCCN1CCC(O)(Cc2ccc(Cl)cc2)CC1)c1ccc2[nH]c(=O)oc2c1. The van der Waals surface area contributed by atoms with Crippen LogP contribution in [0.25, 0.3) is 11.1 Å². The zero-order valence-corrected chi connectivity index (χ0v) is 17.2. The predicted molar refractivity (Wildman–Crippen MR) is 115 cm³/mol. The summed E-state index contributed by atoms with van der Waals surface area (Å²) in [5, 5.41) is 14.5. The van der Waals surface area contributed by atoms with Crippen molar-refractivity contribution in [2.45, 2.75) is 24.9 Å². The van der Waals surface area contributed by atoms with Crippen molar-refractivity contribution in [3.8, 4) is 0 Å². The molecular formula is C22H24ClN3O4. The van der Waals surface area contributed by atoms with Gasteiger partial charge in [0.05, 0.1) is 11.1 Å². The average molecular weight is 430 g/mol. The molecule has 30 heavy (non-hydrogen) atoms. The lowest BCUT2D eigenvalue weighted by Crippen LogP contribution is -2.47. The van der Waals surface area contributed by atoms with E-state index < -0.39 is 11.4 Å². The molecule has 4 rings (SSSR count). The third-order valence-electron chi connectivity index (χ3n) is 5.63. The van der Waals surface area contributed by atoms with E-state index >= 15 is 0 Å². The number of carbonyl (C=O) groups excluding carboxylic acids is 1. The molecule has 1 aliphatic heterocycles. The molecule has 1 aromatic heterocycles. The van der Waals surface area contributed by atoms with Crippen LogP contribution >= 0.6 is 11.6 Å². The normalized spacial score (nSPS) is 16.6. The van der Waals surface area contributed by atoms with E-state index in [4.69, 9.17) is 16.0 Å². The number of aromatic nitrogens is 1. The fourth-order valence-corrected chi connectivity index (χ4v) is 3.99. The van der Waals surface area contributed by atoms with Gasteiger partial charge in [0.1, 0.15) is 0 Å². The number of oxazole rings is 1. The highest BCUT2D eigenvalue weighted by Gasteiger charge is 2.32. The Kier molecular flexibility index (Phi) is 5.94. The van der Waals surface area contributed by atoms with E-state index in [2.05, 4.69) is 15.2 Å². The molecule has 0 atom stereocenters. The zero-order valence-electron chi connectivity index (χ0n) is 16.5. The van der Waals surface area contributed by atoms with Crippen LogP contribution in [0.1, 0.15) is 28.8 Å². The Balaban J connectivity index is 1.23. The van der Waals surface area contributed by atoms with Crippen molar-refractivity contribution >= 4 is 28.6 Å². The molecule has 7 nitrogen and oxygen atoms in total. The molecule has 1 aliphatic rings. The monoisotopic (exact) mass is 429 g/mol.